The van der Waals surface area contributed by atoms with Gasteiger partial charge < -0.3 is 9.47 Å². The number of hydrogen-bond donors (Lipinski definition) is 2. The smallest absolute Gasteiger partial charge is 0.249 e. The lowest BCUT2D eigenvalue weighted by molar-refractivity contribution is -0.117. The summed E-state index contributed by atoms with van der Waals surface area (Å²) in [6, 6.07) is 7.16. The van der Waals surface area contributed by atoms with E-state index in [1.807, 2.05) is 0 Å². The van der Waals surface area contributed by atoms with E-state index in [4.69, 9.17) is 9.47 Å². The number of methoxy groups -OCH3 is 1. The highest BCUT2D eigenvalue weighted by atomic mass is 32.2. The summed E-state index contributed by atoms with van der Waals surface area (Å²) in [5.74, 6) is 0.483. The number of rotatable bonds is 7. The number of ether oxygens (including phenoxy) is 2. The first-order chi connectivity index (χ1) is 13.7. The third kappa shape index (κ3) is 4.76. The Morgan fingerprint density at radius 1 is 1.28 bits per heavy atom. The summed E-state index contributed by atoms with van der Waals surface area (Å²) in [6.45, 7) is 3.93. The maximum Gasteiger partial charge on any atom is 0.249 e. The zero-order chi connectivity index (χ0) is 21.1. The van der Waals surface area contributed by atoms with E-state index in [1.54, 1.807) is 31.4 Å². The van der Waals surface area contributed by atoms with Crippen molar-refractivity contribution in [3.05, 3.63) is 24.3 Å². The summed E-state index contributed by atoms with van der Waals surface area (Å²) in [7, 11) is -2.10. The van der Waals surface area contributed by atoms with Crippen LogP contribution in [0, 0.1) is 5.92 Å². The quantitative estimate of drug-likeness (QED) is 0.700. The molecule has 0 spiro atoms. The molecular weight excluding hydrogens is 396 g/mol. The summed E-state index contributed by atoms with van der Waals surface area (Å²) < 4.78 is 34.5. The van der Waals surface area contributed by atoms with E-state index in [2.05, 4.69) is 20.5 Å². The average Bonchev–Trinajstić information content (AvgIpc) is 3.16. The van der Waals surface area contributed by atoms with E-state index in [0.717, 1.165) is 5.56 Å². The maximum atomic E-state index is 12.9. The Morgan fingerprint density at radius 3 is 2.55 bits per heavy atom. The van der Waals surface area contributed by atoms with E-state index in [1.165, 1.54) is 13.8 Å². The number of benzene rings is 1. The van der Waals surface area contributed by atoms with Gasteiger partial charge in [0.05, 0.1) is 12.9 Å². The molecule has 1 amide bonds. The summed E-state index contributed by atoms with van der Waals surface area (Å²) in [6.07, 6.45) is 1.37. The largest absolute Gasteiger partial charge is 0.497 e. The fourth-order valence-electron chi connectivity index (χ4n) is 3.02. The molecule has 10 heteroatoms. The minimum atomic E-state index is -3.68. The molecular formula is C19H26N4O5S. The van der Waals surface area contributed by atoms with Gasteiger partial charge in [-0.2, -0.15) is 4.98 Å². The van der Waals surface area contributed by atoms with Gasteiger partial charge in [0.15, 0.2) is 15.7 Å². The Bertz CT molecular complexity index is 947. The summed E-state index contributed by atoms with van der Waals surface area (Å²) >= 11 is 0. The topological polar surface area (TPSA) is 123 Å². The number of sulfone groups is 1. The third-order valence-electron chi connectivity index (χ3n) is 5.19. The Kier molecular flexibility index (Phi) is 6.23. The molecule has 29 heavy (non-hydrogen) atoms. The lowest BCUT2D eigenvalue weighted by Crippen LogP contribution is -2.47. The van der Waals surface area contributed by atoms with Crippen LogP contribution in [0.2, 0.25) is 0 Å². The van der Waals surface area contributed by atoms with E-state index in [9.17, 15) is 13.2 Å². The van der Waals surface area contributed by atoms with E-state index in [-0.39, 0.29) is 17.6 Å². The number of hydrogen-bond acceptors (Lipinski definition) is 7. The monoisotopic (exact) mass is 422 g/mol. The average molecular weight is 423 g/mol. The highest BCUT2D eigenvalue weighted by molar-refractivity contribution is 7.93. The molecule has 0 bridgehead atoms. The molecule has 0 unspecified atom stereocenters. The number of nitrogens with one attached hydrogen (secondary N) is 2. The fraction of sp³-hybridized carbons (Fsp3) is 0.526. The molecule has 0 atom stereocenters. The van der Waals surface area contributed by atoms with E-state index in [0.29, 0.717) is 37.6 Å². The van der Waals surface area contributed by atoms with Crippen LogP contribution in [-0.4, -0.2) is 60.3 Å². The Morgan fingerprint density at radius 2 is 1.93 bits per heavy atom. The van der Waals surface area contributed by atoms with Gasteiger partial charge >= 0.3 is 0 Å². The second kappa shape index (κ2) is 8.50. The molecule has 0 saturated carbocycles. The normalized spacial score (nSPS) is 15.8. The summed E-state index contributed by atoms with van der Waals surface area (Å²) in [4.78, 5) is 17.0. The van der Waals surface area contributed by atoms with Gasteiger partial charge in [-0.1, -0.05) is 0 Å². The molecule has 1 aromatic carbocycles. The minimum Gasteiger partial charge on any atom is -0.497 e. The van der Waals surface area contributed by atoms with Crippen molar-refractivity contribution in [3.63, 3.8) is 0 Å². The molecule has 1 aliphatic heterocycles. The van der Waals surface area contributed by atoms with Crippen LogP contribution in [0.4, 0.5) is 5.95 Å². The Balaban J connectivity index is 1.69. The van der Waals surface area contributed by atoms with Gasteiger partial charge in [0.1, 0.15) is 10.5 Å². The van der Waals surface area contributed by atoms with Gasteiger partial charge in [-0.3, -0.25) is 15.2 Å². The lowest BCUT2D eigenvalue weighted by atomic mass is 10.0. The van der Waals surface area contributed by atoms with Crippen molar-refractivity contribution in [2.24, 2.45) is 5.92 Å². The first-order valence-electron chi connectivity index (χ1n) is 9.41. The zero-order valence-corrected chi connectivity index (χ0v) is 17.6. The molecule has 1 fully saturated rings. The van der Waals surface area contributed by atoms with Crippen LogP contribution in [0.1, 0.15) is 26.7 Å². The van der Waals surface area contributed by atoms with Crippen molar-refractivity contribution >= 4 is 21.7 Å². The molecule has 9 nitrogen and oxygen atoms in total. The molecule has 3 rings (SSSR count). The van der Waals surface area contributed by atoms with Crippen molar-refractivity contribution in [2.75, 3.05) is 31.4 Å². The molecule has 2 heterocycles. The van der Waals surface area contributed by atoms with Crippen LogP contribution in [0.15, 0.2) is 24.3 Å². The predicted octanol–water partition coefficient (Wildman–Crippen LogP) is 2.04. The molecule has 0 radical (unpaired) electrons. The number of H-pyrrole nitrogens is 1. The van der Waals surface area contributed by atoms with Crippen LogP contribution < -0.4 is 10.1 Å². The zero-order valence-electron chi connectivity index (χ0n) is 16.8. The van der Waals surface area contributed by atoms with Crippen molar-refractivity contribution in [2.45, 2.75) is 31.4 Å². The van der Waals surface area contributed by atoms with Gasteiger partial charge in [-0.25, -0.2) is 8.42 Å². The molecule has 0 aliphatic carbocycles. The standard InChI is InChI=1S/C19H26N4O5S/c1-19(2,29(25,26)12-13-8-10-28-11-9-13)17(24)21-18-20-16(22-23-18)14-4-6-15(27-3)7-5-14/h4-7,13H,8-12H2,1-3H3,(H2,20,21,22,23,24). The van der Waals surface area contributed by atoms with Crippen molar-refractivity contribution in [3.8, 4) is 17.1 Å². The maximum absolute atomic E-state index is 12.9. The molecule has 2 N–H and O–H groups in total. The first-order valence-corrected chi connectivity index (χ1v) is 11.1. The van der Waals surface area contributed by atoms with Gasteiger partial charge in [0, 0.05) is 18.8 Å². The van der Waals surface area contributed by atoms with Gasteiger partial charge in [-0.05, 0) is 56.9 Å². The van der Waals surface area contributed by atoms with Crippen molar-refractivity contribution in [1.29, 1.82) is 0 Å². The highest BCUT2D eigenvalue weighted by Gasteiger charge is 2.43. The molecule has 158 valence electrons. The Hall–Kier alpha value is -2.46. The molecule has 2 aromatic rings. The second-order valence-electron chi connectivity index (χ2n) is 7.54. The molecule has 1 aliphatic rings. The predicted molar refractivity (Wildman–Crippen MR) is 108 cm³/mol. The number of nitrogens with zero attached hydrogens (tertiary/aromatic N) is 2. The second-order valence-corrected chi connectivity index (χ2v) is 10.1. The van der Waals surface area contributed by atoms with Crippen LogP contribution in [0.5, 0.6) is 5.75 Å². The van der Waals surface area contributed by atoms with Crippen molar-refractivity contribution in [1.82, 2.24) is 15.2 Å². The third-order valence-corrected chi connectivity index (χ3v) is 7.85. The number of aromatic amines is 1. The van der Waals surface area contributed by atoms with Crippen LogP contribution in [-0.2, 0) is 19.4 Å². The summed E-state index contributed by atoms with van der Waals surface area (Å²) in [5.41, 5.74) is 0.755. The number of amides is 1. The van der Waals surface area contributed by atoms with Gasteiger partial charge in [-0.15, -0.1) is 5.10 Å². The van der Waals surface area contributed by atoms with Crippen LogP contribution >= 0.6 is 0 Å². The summed E-state index contributed by atoms with van der Waals surface area (Å²) in [5, 5.41) is 9.23. The molecule has 1 saturated heterocycles. The first kappa shape index (κ1) is 21.3. The minimum absolute atomic E-state index is 0.00556. The highest BCUT2D eigenvalue weighted by Crippen LogP contribution is 2.26. The number of carbonyl (C=O) groups excluding carboxylic acids is 1. The van der Waals surface area contributed by atoms with Crippen LogP contribution in [0.25, 0.3) is 11.4 Å². The van der Waals surface area contributed by atoms with Gasteiger partial charge in [0.25, 0.3) is 0 Å². The number of carbonyl (C=O) groups is 1. The van der Waals surface area contributed by atoms with E-state index >= 15 is 0 Å². The van der Waals surface area contributed by atoms with E-state index < -0.39 is 20.5 Å². The SMILES string of the molecule is COc1ccc(-c2nc(NC(=O)C(C)(C)S(=O)(=O)CC3CCOCC3)n[nH]2)cc1. The lowest BCUT2D eigenvalue weighted by Gasteiger charge is -2.27. The number of aromatic nitrogens is 3. The Labute approximate surface area is 170 Å². The molecule has 1 aromatic heterocycles. The van der Waals surface area contributed by atoms with Crippen molar-refractivity contribution < 1.29 is 22.7 Å². The van der Waals surface area contributed by atoms with Crippen LogP contribution in [0.3, 0.4) is 0 Å². The fourth-order valence-corrected chi connectivity index (χ4v) is 4.72. The van der Waals surface area contributed by atoms with Gasteiger partial charge in [0.2, 0.25) is 11.9 Å². The number of anilines is 1.